The van der Waals surface area contributed by atoms with E-state index in [1.54, 1.807) is 12.1 Å². The molecule has 0 bridgehead atoms. The van der Waals surface area contributed by atoms with E-state index in [0.29, 0.717) is 21.8 Å². The fourth-order valence-corrected chi connectivity index (χ4v) is 3.03. The summed E-state index contributed by atoms with van der Waals surface area (Å²) in [5.41, 5.74) is 9.18. The highest BCUT2D eigenvalue weighted by molar-refractivity contribution is 7.14. The summed E-state index contributed by atoms with van der Waals surface area (Å²) in [6.07, 6.45) is 0. The van der Waals surface area contributed by atoms with Crippen LogP contribution in [-0.4, -0.2) is 5.91 Å². The molecule has 3 rings (SSSR count). The maximum absolute atomic E-state index is 12.2. The molecule has 0 aliphatic heterocycles. The maximum atomic E-state index is 12.2. The number of carbonyl (C=O) groups excluding carboxylic acids is 1. The highest BCUT2D eigenvalue weighted by atomic mass is 32.1. The van der Waals surface area contributed by atoms with E-state index >= 15 is 0 Å². The Balaban J connectivity index is 1.89. The molecular formula is C18H13N3OS. The summed E-state index contributed by atoms with van der Waals surface area (Å²) in [7, 11) is 0. The van der Waals surface area contributed by atoms with Crippen LogP contribution in [0.4, 0.5) is 10.7 Å². The molecule has 0 saturated heterocycles. The average molecular weight is 319 g/mol. The Morgan fingerprint density at radius 2 is 1.91 bits per heavy atom. The summed E-state index contributed by atoms with van der Waals surface area (Å²) in [4.78, 5) is 12.2. The second-order valence-electron chi connectivity index (χ2n) is 4.90. The van der Waals surface area contributed by atoms with E-state index in [9.17, 15) is 10.1 Å². The summed E-state index contributed by atoms with van der Waals surface area (Å²) in [5.74, 6) is -0.173. The predicted octanol–water partition coefficient (Wildman–Crippen LogP) is 4.12. The number of carbonyl (C=O) groups is 1. The van der Waals surface area contributed by atoms with Crippen LogP contribution in [0.15, 0.2) is 60.0 Å². The SMILES string of the molecule is N#Cc1c(-c2cccc(NC(=O)c3ccccc3)c2)csc1N. The lowest BCUT2D eigenvalue weighted by molar-refractivity contribution is 0.102. The average Bonchev–Trinajstić information content (AvgIpc) is 2.96. The summed E-state index contributed by atoms with van der Waals surface area (Å²) in [6.45, 7) is 0. The molecule has 0 fully saturated rings. The number of hydrogen-bond donors (Lipinski definition) is 2. The number of rotatable bonds is 3. The number of hydrogen-bond acceptors (Lipinski definition) is 4. The molecule has 1 heterocycles. The molecule has 23 heavy (non-hydrogen) atoms. The van der Waals surface area contributed by atoms with Crippen LogP contribution < -0.4 is 11.1 Å². The van der Waals surface area contributed by atoms with Crippen molar-refractivity contribution in [3.05, 3.63) is 71.1 Å². The van der Waals surface area contributed by atoms with Gasteiger partial charge in [-0.15, -0.1) is 11.3 Å². The Morgan fingerprint density at radius 3 is 2.65 bits per heavy atom. The number of anilines is 2. The van der Waals surface area contributed by atoms with Gasteiger partial charge in [0.05, 0.1) is 5.56 Å². The Labute approximate surface area is 137 Å². The van der Waals surface area contributed by atoms with E-state index in [2.05, 4.69) is 11.4 Å². The third-order valence-electron chi connectivity index (χ3n) is 3.40. The van der Waals surface area contributed by atoms with E-state index in [4.69, 9.17) is 5.73 Å². The minimum Gasteiger partial charge on any atom is -0.389 e. The summed E-state index contributed by atoms with van der Waals surface area (Å²) in [5, 5.41) is 14.4. The van der Waals surface area contributed by atoms with Crippen molar-refractivity contribution >= 4 is 27.9 Å². The van der Waals surface area contributed by atoms with Crippen molar-refractivity contribution in [3.8, 4) is 17.2 Å². The van der Waals surface area contributed by atoms with Gasteiger partial charge >= 0.3 is 0 Å². The summed E-state index contributed by atoms with van der Waals surface area (Å²) in [6, 6.07) is 18.5. The number of nitrogens with zero attached hydrogens (tertiary/aromatic N) is 1. The molecule has 0 spiro atoms. The zero-order valence-electron chi connectivity index (χ0n) is 12.1. The predicted molar refractivity (Wildman–Crippen MR) is 93.3 cm³/mol. The van der Waals surface area contributed by atoms with E-state index in [1.807, 2.05) is 47.8 Å². The van der Waals surface area contributed by atoms with E-state index in [1.165, 1.54) is 11.3 Å². The molecule has 1 aromatic heterocycles. The van der Waals surface area contributed by atoms with Crippen molar-refractivity contribution in [1.29, 1.82) is 5.26 Å². The Kier molecular flexibility index (Phi) is 4.09. The van der Waals surface area contributed by atoms with Gasteiger partial charge in [0.1, 0.15) is 11.1 Å². The van der Waals surface area contributed by atoms with Crippen LogP contribution >= 0.6 is 11.3 Å². The fraction of sp³-hybridized carbons (Fsp3) is 0. The highest BCUT2D eigenvalue weighted by Crippen LogP contribution is 2.33. The first-order chi connectivity index (χ1) is 11.2. The third kappa shape index (κ3) is 3.07. The first-order valence-electron chi connectivity index (χ1n) is 6.93. The quantitative estimate of drug-likeness (QED) is 0.762. The molecule has 0 unspecified atom stereocenters. The van der Waals surface area contributed by atoms with Gasteiger partial charge < -0.3 is 11.1 Å². The molecule has 0 saturated carbocycles. The Morgan fingerprint density at radius 1 is 1.13 bits per heavy atom. The molecule has 112 valence electrons. The van der Waals surface area contributed by atoms with Crippen molar-refractivity contribution in [1.82, 2.24) is 0 Å². The second-order valence-corrected chi connectivity index (χ2v) is 5.81. The second kappa shape index (κ2) is 6.34. The Hall–Kier alpha value is -3.10. The van der Waals surface area contributed by atoms with Gasteiger partial charge in [0.15, 0.2) is 0 Å². The zero-order chi connectivity index (χ0) is 16.2. The molecule has 0 atom stereocenters. The van der Waals surface area contributed by atoms with Gasteiger partial charge in [-0.2, -0.15) is 5.26 Å². The van der Waals surface area contributed by atoms with Gasteiger partial charge in [-0.05, 0) is 29.8 Å². The van der Waals surface area contributed by atoms with Crippen LogP contribution in [0.1, 0.15) is 15.9 Å². The van der Waals surface area contributed by atoms with E-state index in [-0.39, 0.29) is 5.91 Å². The molecule has 2 aromatic carbocycles. The number of nitrogens with one attached hydrogen (secondary N) is 1. The number of nitrogens with two attached hydrogens (primary N) is 1. The number of thiophene rings is 1. The molecule has 1 amide bonds. The van der Waals surface area contributed by atoms with Crippen molar-refractivity contribution in [2.75, 3.05) is 11.1 Å². The van der Waals surface area contributed by atoms with Crippen LogP contribution in [0.5, 0.6) is 0 Å². The zero-order valence-corrected chi connectivity index (χ0v) is 12.9. The van der Waals surface area contributed by atoms with Crippen LogP contribution in [-0.2, 0) is 0 Å². The minimum atomic E-state index is -0.173. The van der Waals surface area contributed by atoms with Gasteiger partial charge in [-0.3, -0.25) is 4.79 Å². The third-order valence-corrected chi connectivity index (χ3v) is 4.21. The van der Waals surface area contributed by atoms with Crippen LogP contribution in [0.2, 0.25) is 0 Å². The summed E-state index contributed by atoms with van der Waals surface area (Å²) >= 11 is 1.34. The lowest BCUT2D eigenvalue weighted by atomic mass is 10.0. The molecule has 5 heteroatoms. The monoisotopic (exact) mass is 319 g/mol. The van der Waals surface area contributed by atoms with Crippen LogP contribution in [0.3, 0.4) is 0 Å². The van der Waals surface area contributed by atoms with Gasteiger partial charge in [0.25, 0.3) is 5.91 Å². The maximum Gasteiger partial charge on any atom is 0.255 e. The van der Waals surface area contributed by atoms with E-state index < -0.39 is 0 Å². The van der Waals surface area contributed by atoms with Gasteiger partial charge in [-0.1, -0.05) is 30.3 Å². The van der Waals surface area contributed by atoms with Crippen molar-refractivity contribution < 1.29 is 4.79 Å². The molecule has 0 radical (unpaired) electrons. The molecule has 3 aromatic rings. The van der Waals surface area contributed by atoms with Crippen LogP contribution in [0.25, 0.3) is 11.1 Å². The topological polar surface area (TPSA) is 78.9 Å². The molecule has 0 aliphatic carbocycles. The number of benzene rings is 2. The fourth-order valence-electron chi connectivity index (χ4n) is 2.26. The molecular weight excluding hydrogens is 306 g/mol. The summed E-state index contributed by atoms with van der Waals surface area (Å²) < 4.78 is 0. The van der Waals surface area contributed by atoms with Crippen LogP contribution in [0, 0.1) is 11.3 Å². The van der Waals surface area contributed by atoms with Gasteiger partial charge in [0.2, 0.25) is 0 Å². The Bertz CT molecular complexity index is 894. The number of amides is 1. The number of nitrogen functional groups attached to an aromatic ring is 1. The lowest BCUT2D eigenvalue weighted by Gasteiger charge is -2.07. The molecule has 0 aliphatic rings. The largest absolute Gasteiger partial charge is 0.389 e. The molecule has 3 N–H and O–H groups in total. The normalized spacial score (nSPS) is 10.0. The van der Waals surface area contributed by atoms with Crippen molar-refractivity contribution in [3.63, 3.8) is 0 Å². The smallest absolute Gasteiger partial charge is 0.255 e. The van der Waals surface area contributed by atoms with Crippen molar-refractivity contribution in [2.24, 2.45) is 0 Å². The first kappa shape index (κ1) is 14.8. The number of nitriles is 1. The van der Waals surface area contributed by atoms with Crippen molar-refractivity contribution in [2.45, 2.75) is 0 Å². The van der Waals surface area contributed by atoms with Gasteiger partial charge in [-0.25, -0.2) is 0 Å². The standard InChI is InChI=1S/C18H13N3OS/c19-10-15-16(11-23-17(15)20)13-7-4-8-14(9-13)21-18(22)12-5-2-1-3-6-12/h1-9,11H,20H2,(H,21,22). The lowest BCUT2D eigenvalue weighted by Crippen LogP contribution is -2.11. The highest BCUT2D eigenvalue weighted by Gasteiger charge is 2.12. The first-order valence-corrected chi connectivity index (χ1v) is 7.81. The molecule has 4 nitrogen and oxygen atoms in total. The van der Waals surface area contributed by atoms with E-state index in [0.717, 1.165) is 11.1 Å². The minimum absolute atomic E-state index is 0.173. The van der Waals surface area contributed by atoms with Gasteiger partial charge in [0, 0.05) is 22.2 Å².